The molecule has 2 aromatic heterocycles. The van der Waals surface area contributed by atoms with Crippen molar-refractivity contribution in [2.24, 2.45) is 0 Å². The summed E-state index contributed by atoms with van der Waals surface area (Å²) in [4.78, 5) is 8.45. The summed E-state index contributed by atoms with van der Waals surface area (Å²) in [6, 6.07) is 24.8. The van der Waals surface area contributed by atoms with Gasteiger partial charge in [0.1, 0.15) is 24.3 Å². The number of halogens is 1. The molecule has 11 heteroatoms. The van der Waals surface area contributed by atoms with Gasteiger partial charge in [0.15, 0.2) is 11.5 Å². The SMILES string of the molecule is COc1cc(-c2cnc(N)c(-c3ccc(N)cc3)c2)ccc1OC[C@@H]1COCCO1.Nc1ccc(-c2cc(Br)cnc2N)cc1. The fourth-order valence-electron chi connectivity index (χ4n) is 4.65. The standard InChI is InChI=1S/C23H25N3O4.C11H10BrN3/c1-27-22-11-16(4-7-21(22)30-14-19-13-28-8-9-29-19)17-10-20(23(25)26-12-17)15-2-5-18(24)6-3-15;12-8-5-10(11(14)15-6-8)7-1-3-9(13)4-2-7/h2-7,10-12,19H,8-9,13-14,24H2,1H3,(H2,25,26);1-6H,13H2,(H2,14,15)/t19-;/m0./s1. The predicted octanol–water partition coefficient (Wildman–Crippen LogP) is 6.06. The average molecular weight is 672 g/mol. The minimum atomic E-state index is -0.0769. The summed E-state index contributed by atoms with van der Waals surface area (Å²) in [5.74, 6) is 2.26. The highest BCUT2D eigenvalue weighted by Gasteiger charge is 2.17. The van der Waals surface area contributed by atoms with Crippen LogP contribution >= 0.6 is 15.9 Å². The molecule has 0 bridgehead atoms. The van der Waals surface area contributed by atoms with Crippen molar-refractivity contribution in [1.29, 1.82) is 0 Å². The van der Waals surface area contributed by atoms with Crippen LogP contribution in [0.4, 0.5) is 23.0 Å². The van der Waals surface area contributed by atoms with Gasteiger partial charge in [0.05, 0.1) is 26.9 Å². The van der Waals surface area contributed by atoms with Crippen LogP contribution < -0.4 is 32.4 Å². The lowest BCUT2D eigenvalue weighted by Gasteiger charge is -2.23. The van der Waals surface area contributed by atoms with E-state index in [1.54, 1.807) is 19.5 Å². The second kappa shape index (κ2) is 14.8. The molecule has 45 heavy (non-hydrogen) atoms. The Hall–Kier alpha value is -4.84. The maximum atomic E-state index is 6.12. The summed E-state index contributed by atoms with van der Waals surface area (Å²) >= 11 is 3.37. The van der Waals surface area contributed by atoms with E-state index in [2.05, 4.69) is 25.9 Å². The van der Waals surface area contributed by atoms with Gasteiger partial charge in [-0.2, -0.15) is 0 Å². The van der Waals surface area contributed by atoms with E-state index in [0.29, 0.717) is 55.2 Å². The van der Waals surface area contributed by atoms with Crippen LogP contribution in [-0.2, 0) is 9.47 Å². The van der Waals surface area contributed by atoms with E-state index >= 15 is 0 Å². The van der Waals surface area contributed by atoms with Crippen molar-refractivity contribution in [1.82, 2.24) is 9.97 Å². The van der Waals surface area contributed by atoms with Crippen molar-refractivity contribution < 1.29 is 18.9 Å². The first kappa shape index (κ1) is 31.6. The Labute approximate surface area is 270 Å². The Kier molecular flexibility index (Phi) is 10.4. The highest BCUT2D eigenvalue weighted by Crippen LogP contribution is 2.35. The van der Waals surface area contributed by atoms with Gasteiger partial charge in [-0.3, -0.25) is 0 Å². The molecular formula is C34H35BrN6O4. The van der Waals surface area contributed by atoms with Gasteiger partial charge >= 0.3 is 0 Å². The minimum absolute atomic E-state index is 0.0769. The van der Waals surface area contributed by atoms with Gasteiger partial charge in [0, 0.05) is 44.9 Å². The molecule has 1 saturated heterocycles. The Morgan fingerprint density at radius 1 is 0.711 bits per heavy atom. The molecule has 1 atom stereocenters. The highest BCUT2D eigenvalue weighted by molar-refractivity contribution is 9.10. The molecule has 0 saturated carbocycles. The molecule has 3 aromatic carbocycles. The van der Waals surface area contributed by atoms with Gasteiger partial charge in [-0.25, -0.2) is 9.97 Å². The third-order valence-corrected chi connectivity index (χ3v) is 7.49. The highest BCUT2D eigenvalue weighted by atomic mass is 79.9. The van der Waals surface area contributed by atoms with Gasteiger partial charge in [-0.1, -0.05) is 30.3 Å². The Balaban J connectivity index is 0.000000223. The van der Waals surface area contributed by atoms with Gasteiger partial charge in [-0.15, -0.1) is 0 Å². The van der Waals surface area contributed by atoms with Crippen molar-refractivity contribution >= 4 is 38.9 Å². The van der Waals surface area contributed by atoms with E-state index in [-0.39, 0.29) is 6.10 Å². The number of nitrogens with two attached hydrogens (primary N) is 4. The lowest BCUT2D eigenvalue weighted by atomic mass is 10.0. The van der Waals surface area contributed by atoms with Crippen LogP contribution in [0.3, 0.4) is 0 Å². The summed E-state index contributed by atoms with van der Waals surface area (Å²) in [5.41, 5.74) is 30.4. The lowest BCUT2D eigenvalue weighted by Crippen LogP contribution is -2.33. The normalized spacial score (nSPS) is 14.2. The smallest absolute Gasteiger partial charge is 0.161 e. The first-order chi connectivity index (χ1) is 21.8. The number of benzene rings is 3. The molecule has 0 unspecified atom stereocenters. The third kappa shape index (κ3) is 8.21. The molecule has 0 spiro atoms. The van der Waals surface area contributed by atoms with Crippen LogP contribution in [0.15, 0.2) is 95.7 Å². The van der Waals surface area contributed by atoms with E-state index in [9.17, 15) is 0 Å². The Morgan fingerprint density at radius 3 is 1.91 bits per heavy atom. The summed E-state index contributed by atoms with van der Waals surface area (Å²) in [6.07, 6.45) is 3.35. The van der Waals surface area contributed by atoms with Crippen molar-refractivity contribution in [2.75, 3.05) is 56.5 Å². The zero-order valence-corrected chi connectivity index (χ0v) is 26.4. The molecule has 10 nitrogen and oxygen atoms in total. The minimum Gasteiger partial charge on any atom is -0.493 e. The average Bonchev–Trinajstić information content (AvgIpc) is 3.07. The molecule has 1 aliphatic heterocycles. The molecule has 0 radical (unpaired) electrons. The van der Waals surface area contributed by atoms with Crippen LogP contribution in [0.1, 0.15) is 0 Å². The van der Waals surface area contributed by atoms with E-state index < -0.39 is 0 Å². The number of nitrogens with zero attached hydrogens (tertiary/aromatic N) is 2. The number of hydrogen-bond donors (Lipinski definition) is 4. The summed E-state index contributed by atoms with van der Waals surface area (Å²) in [6.45, 7) is 2.15. The van der Waals surface area contributed by atoms with Crippen molar-refractivity contribution in [2.45, 2.75) is 6.10 Å². The summed E-state index contributed by atoms with van der Waals surface area (Å²) < 4.78 is 23.4. The van der Waals surface area contributed by atoms with Crippen molar-refractivity contribution in [3.8, 4) is 44.9 Å². The number of rotatable bonds is 7. The Bertz CT molecular complexity index is 1730. The van der Waals surface area contributed by atoms with Crippen LogP contribution in [0.25, 0.3) is 33.4 Å². The molecule has 5 aromatic rings. The van der Waals surface area contributed by atoms with Gasteiger partial charge in [0.25, 0.3) is 0 Å². The number of aromatic nitrogens is 2. The molecule has 1 aliphatic rings. The van der Waals surface area contributed by atoms with E-state index in [0.717, 1.165) is 43.5 Å². The maximum Gasteiger partial charge on any atom is 0.161 e. The van der Waals surface area contributed by atoms with E-state index in [1.165, 1.54) is 0 Å². The first-order valence-electron chi connectivity index (χ1n) is 14.2. The molecule has 0 amide bonds. The first-order valence-corrected chi connectivity index (χ1v) is 15.0. The number of ether oxygens (including phenoxy) is 4. The molecule has 232 valence electrons. The second-order valence-corrected chi connectivity index (χ2v) is 11.1. The molecule has 3 heterocycles. The zero-order chi connectivity index (χ0) is 31.8. The molecule has 6 rings (SSSR count). The van der Waals surface area contributed by atoms with Crippen LogP contribution in [0, 0.1) is 0 Å². The van der Waals surface area contributed by atoms with Crippen LogP contribution in [0.2, 0.25) is 0 Å². The summed E-state index contributed by atoms with van der Waals surface area (Å²) in [5, 5.41) is 0. The number of nitrogen functional groups attached to an aromatic ring is 4. The van der Waals surface area contributed by atoms with Crippen molar-refractivity contribution in [3.63, 3.8) is 0 Å². The monoisotopic (exact) mass is 670 g/mol. The number of methoxy groups -OCH3 is 1. The quantitative estimate of drug-likeness (QED) is 0.149. The van der Waals surface area contributed by atoms with Crippen LogP contribution in [0.5, 0.6) is 11.5 Å². The van der Waals surface area contributed by atoms with E-state index in [1.807, 2.05) is 78.9 Å². The molecule has 0 aliphatic carbocycles. The van der Waals surface area contributed by atoms with Gasteiger partial charge in [0.2, 0.25) is 0 Å². The number of anilines is 4. The lowest BCUT2D eigenvalue weighted by molar-refractivity contribution is -0.101. The van der Waals surface area contributed by atoms with Gasteiger partial charge < -0.3 is 41.9 Å². The number of pyridine rings is 2. The zero-order valence-electron chi connectivity index (χ0n) is 24.8. The Morgan fingerprint density at radius 2 is 1.31 bits per heavy atom. The van der Waals surface area contributed by atoms with Gasteiger partial charge in [-0.05, 0) is 81.2 Å². The molecular weight excluding hydrogens is 636 g/mol. The molecule has 1 fully saturated rings. The maximum absolute atomic E-state index is 6.12. The topological polar surface area (TPSA) is 167 Å². The fourth-order valence-corrected chi connectivity index (χ4v) is 4.98. The molecule has 8 N–H and O–H groups in total. The second-order valence-electron chi connectivity index (χ2n) is 10.2. The van der Waals surface area contributed by atoms with Crippen LogP contribution in [-0.4, -0.2) is 49.6 Å². The van der Waals surface area contributed by atoms with E-state index in [4.69, 9.17) is 41.9 Å². The number of hydrogen-bond acceptors (Lipinski definition) is 10. The third-order valence-electron chi connectivity index (χ3n) is 7.05. The predicted molar refractivity (Wildman–Crippen MR) is 183 cm³/mol. The summed E-state index contributed by atoms with van der Waals surface area (Å²) in [7, 11) is 1.62. The fraction of sp³-hybridized carbons (Fsp3) is 0.176. The largest absolute Gasteiger partial charge is 0.493 e. The van der Waals surface area contributed by atoms with Crippen molar-refractivity contribution in [3.05, 3.63) is 95.7 Å².